The smallest absolute Gasteiger partial charge is 0.140 e. The van der Waals surface area contributed by atoms with Crippen LogP contribution in [0.4, 0.5) is 0 Å². The average molecular weight is 298 g/mol. The van der Waals surface area contributed by atoms with E-state index in [1.54, 1.807) is 4.68 Å². The molecule has 0 aromatic carbocycles. The van der Waals surface area contributed by atoms with Crippen LogP contribution in [0, 0.1) is 0 Å². The molecule has 2 rings (SSSR count). The number of nitrogens with zero attached hydrogens (tertiary/aromatic N) is 2. The second kappa shape index (κ2) is 6.27. The van der Waals surface area contributed by atoms with E-state index in [9.17, 15) is 4.79 Å². The molecular formula is C15H24ClN3O. The summed E-state index contributed by atoms with van der Waals surface area (Å²) in [6.07, 6.45) is 6.99. The Bertz CT molecular complexity index is 490. The molecule has 1 heterocycles. The summed E-state index contributed by atoms with van der Waals surface area (Å²) in [6, 6.07) is 0. The van der Waals surface area contributed by atoms with Gasteiger partial charge in [-0.15, -0.1) is 0 Å². The molecule has 0 atom stereocenters. The number of ketones is 1. The molecule has 5 heteroatoms. The van der Waals surface area contributed by atoms with Crippen LogP contribution in [-0.4, -0.2) is 21.1 Å². The fraction of sp³-hybridized carbons (Fsp3) is 0.733. The number of Topliss-reactive ketones (excluding diaryl/α,β-unsaturated/α-hetero) is 1. The van der Waals surface area contributed by atoms with Gasteiger partial charge in [0.2, 0.25) is 0 Å². The van der Waals surface area contributed by atoms with Crippen molar-refractivity contribution in [2.75, 3.05) is 0 Å². The molecule has 0 amide bonds. The predicted molar refractivity (Wildman–Crippen MR) is 80.9 cm³/mol. The molecule has 0 spiro atoms. The second-order valence-electron chi connectivity index (χ2n) is 6.00. The van der Waals surface area contributed by atoms with Crippen LogP contribution in [0.3, 0.4) is 0 Å². The first-order chi connectivity index (χ1) is 9.45. The number of aryl methyl sites for hydroxylation is 2. The van der Waals surface area contributed by atoms with Crippen molar-refractivity contribution in [1.29, 1.82) is 0 Å². The normalized spacial score (nSPS) is 18.2. The maximum absolute atomic E-state index is 12.3. The monoisotopic (exact) mass is 297 g/mol. The molecule has 1 aliphatic rings. The van der Waals surface area contributed by atoms with Crippen LogP contribution in [0.2, 0.25) is 5.02 Å². The van der Waals surface area contributed by atoms with Gasteiger partial charge in [0.15, 0.2) is 0 Å². The number of hydrogen-bond acceptors (Lipinski definition) is 3. The molecule has 0 aliphatic heterocycles. The van der Waals surface area contributed by atoms with Crippen molar-refractivity contribution >= 4 is 17.4 Å². The second-order valence-corrected chi connectivity index (χ2v) is 6.38. The van der Waals surface area contributed by atoms with Gasteiger partial charge in [0.25, 0.3) is 0 Å². The molecule has 4 nitrogen and oxygen atoms in total. The summed E-state index contributed by atoms with van der Waals surface area (Å²) in [5.74, 6) is 0.168. The Labute approximate surface area is 125 Å². The highest BCUT2D eigenvalue weighted by Gasteiger charge is 2.30. The minimum absolute atomic E-state index is 0.168. The number of rotatable bonds is 5. The highest BCUT2D eigenvalue weighted by atomic mass is 35.5. The minimum Gasteiger partial charge on any atom is -0.325 e. The molecular weight excluding hydrogens is 274 g/mol. The van der Waals surface area contributed by atoms with E-state index in [2.05, 4.69) is 5.10 Å². The van der Waals surface area contributed by atoms with Gasteiger partial charge in [-0.1, -0.05) is 37.8 Å². The number of carbonyl (C=O) groups excluding carboxylic acids is 1. The highest BCUT2D eigenvalue weighted by molar-refractivity contribution is 6.32. The lowest BCUT2D eigenvalue weighted by Gasteiger charge is -2.32. The van der Waals surface area contributed by atoms with Gasteiger partial charge in [0.1, 0.15) is 5.78 Å². The summed E-state index contributed by atoms with van der Waals surface area (Å²) in [5, 5.41) is 4.98. The van der Waals surface area contributed by atoms with E-state index in [4.69, 9.17) is 17.3 Å². The predicted octanol–water partition coefficient (Wildman–Crippen LogP) is 2.80. The number of nitrogens with two attached hydrogens (primary N) is 1. The van der Waals surface area contributed by atoms with Crippen molar-refractivity contribution in [3.8, 4) is 0 Å². The largest absolute Gasteiger partial charge is 0.325 e. The third-order valence-electron chi connectivity index (χ3n) is 4.27. The fourth-order valence-corrected chi connectivity index (χ4v) is 3.45. The van der Waals surface area contributed by atoms with E-state index >= 15 is 0 Å². The van der Waals surface area contributed by atoms with Crippen molar-refractivity contribution in [1.82, 2.24) is 9.78 Å². The van der Waals surface area contributed by atoms with Gasteiger partial charge in [-0.05, 0) is 19.3 Å². The first-order valence-corrected chi connectivity index (χ1v) is 7.84. The Morgan fingerprint density at radius 2 is 2.05 bits per heavy atom. The Morgan fingerprint density at radius 3 is 2.60 bits per heavy atom. The number of hydrogen-bond donors (Lipinski definition) is 1. The number of halogens is 1. The molecule has 0 bridgehead atoms. The lowest BCUT2D eigenvalue weighted by molar-refractivity contribution is -0.120. The van der Waals surface area contributed by atoms with Gasteiger partial charge in [-0.2, -0.15) is 5.10 Å². The lowest BCUT2D eigenvalue weighted by atomic mass is 9.78. The Balaban J connectivity index is 2.03. The summed E-state index contributed by atoms with van der Waals surface area (Å²) in [7, 11) is 1.84. The SMILES string of the molecule is CCc1nn(C)c(CC(=O)CC2(N)CCCCC2)c1Cl. The summed E-state index contributed by atoms with van der Waals surface area (Å²) in [5.41, 5.74) is 7.72. The van der Waals surface area contributed by atoms with E-state index in [-0.39, 0.29) is 11.3 Å². The fourth-order valence-electron chi connectivity index (χ4n) is 3.09. The summed E-state index contributed by atoms with van der Waals surface area (Å²) in [4.78, 5) is 12.3. The van der Waals surface area contributed by atoms with E-state index in [0.717, 1.165) is 43.5 Å². The van der Waals surface area contributed by atoms with Crippen molar-refractivity contribution in [2.45, 2.75) is 63.8 Å². The van der Waals surface area contributed by atoms with Crippen LogP contribution in [0.15, 0.2) is 0 Å². The van der Waals surface area contributed by atoms with Crippen LogP contribution in [-0.2, 0) is 24.7 Å². The molecule has 0 unspecified atom stereocenters. The first-order valence-electron chi connectivity index (χ1n) is 7.46. The Hall–Kier alpha value is -0.870. The molecule has 112 valence electrons. The van der Waals surface area contributed by atoms with Crippen molar-refractivity contribution in [3.05, 3.63) is 16.4 Å². The Morgan fingerprint density at radius 1 is 1.40 bits per heavy atom. The van der Waals surface area contributed by atoms with E-state index < -0.39 is 0 Å². The van der Waals surface area contributed by atoms with Crippen LogP contribution in [0.1, 0.15) is 56.8 Å². The standard InChI is InChI=1S/C15H24ClN3O/c1-3-12-14(16)13(19(2)18-12)9-11(20)10-15(17)7-5-4-6-8-15/h3-10,17H2,1-2H3. The minimum atomic E-state index is -0.298. The molecule has 1 aromatic rings. The molecule has 1 aromatic heterocycles. The molecule has 1 aliphatic carbocycles. The molecule has 20 heavy (non-hydrogen) atoms. The van der Waals surface area contributed by atoms with Gasteiger partial charge >= 0.3 is 0 Å². The van der Waals surface area contributed by atoms with Gasteiger partial charge in [-0.25, -0.2) is 0 Å². The van der Waals surface area contributed by atoms with E-state index in [1.807, 2.05) is 14.0 Å². The van der Waals surface area contributed by atoms with Crippen molar-refractivity contribution in [2.24, 2.45) is 12.8 Å². The quantitative estimate of drug-likeness (QED) is 0.909. The number of aromatic nitrogens is 2. The van der Waals surface area contributed by atoms with Crippen LogP contribution >= 0.6 is 11.6 Å². The summed E-state index contributed by atoms with van der Waals surface area (Å²) in [6.45, 7) is 2.01. The maximum Gasteiger partial charge on any atom is 0.140 e. The van der Waals surface area contributed by atoms with Crippen molar-refractivity contribution < 1.29 is 4.79 Å². The van der Waals surface area contributed by atoms with Crippen LogP contribution < -0.4 is 5.73 Å². The molecule has 1 saturated carbocycles. The van der Waals surface area contributed by atoms with E-state index in [1.165, 1.54) is 6.42 Å². The highest BCUT2D eigenvalue weighted by Crippen LogP contribution is 2.30. The third kappa shape index (κ3) is 3.41. The summed E-state index contributed by atoms with van der Waals surface area (Å²) >= 11 is 6.28. The summed E-state index contributed by atoms with van der Waals surface area (Å²) < 4.78 is 1.73. The van der Waals surface area contributed by atoms with Crippen LogP contribution in [0.25, 0.3) is 0 Å². The zero-order chi connectivity index (χ0) is 14.8. The maximum atomic E-state index is 12.3. The topological polar surface area (TPSA) is 60.9 Å². The zero-order valence-corrected chi connectivity index (χ0v) is 13.2. The molecule has 1 fully saturated rings. The van der Waals surface area contributed by atoms with Gasteiger partial charge in [0, 0.05) is 25.4 Å². The molecule has 2 N–H and O–H groups in total. The zero-order valence-electron chi connectivity index (χ0n) is 12.4. The van der Waals surface area contributed by atoms with Gasteiger partial charge in [0.05, 0.1) is 16.4 Å². The molecule has 0 radical (unpaired) electrons. The third-order valence-corrected chi connectivity index (χ3v) is 4.70. The first kappa shape index (κ1) is 15.5. The number of carbonyl (C=O) groups is 1. The average Bonchev–Trinajstić information content (AvgIpc) is 2.66. The van der Waals surface area contributed by atoms with Gasteiger partial charge in [-0.3, -0.25) is 9.48 Å². The van der Waals surface area contributed by atoms with Crippen molar-refractivity contribution in [3.63, 3.8) is 0 Å². The molecule has 0 saturated heterocycles. The Kier molecular flexibility index (Phi) is 4.86. The van der Waals surface area contributed by atoms with Gasteiger partial charge < -0.3 is 5.73 Å². The van der Waals surface area contributed by atoms with Crippen LogP contribution in [0.5, 0.6) is 0 Å². The van der Waals surface area contributed by atoms with E-state index in [0.29, 0.717) is 17.9 Å². The lowest BCUT2D eigenvalue weighted by Crippen LogP contribution is -2.43.